The van der Waals surface area contributed by atoms with Gasteiger partial charge >= 0.3 is 11.9 Å². The SMILES string of the molecule is CCOC(=O)c1cc(Br)c(Cl)c(C(C)(C)C)c1C(=O)O. The predicted octanol–water partition coefficient (Wildman–Crippen LogP) is 4.27. The van der Waals surface area contributed by atoms with Crippen molar-refractivity contribution in [3.63, 3.8) is 0 Å². The number of carboxylic acid groups (broad SMARTS) is 1. The van der Waals surface area contributed by atoms with Crippen LogP contribution in [-0.2, 0) is 10.2 Å². The smallest absolute Gasteiger partial charge is 0.339 e. The van der Waals surface area contributed by atoms with E-state index in [2.05, 4.69) is 15.9 Å². The first-order valence-corrected chi connectivity index (χ1v) is 7.21. The normalized spacial score (nSPS) is 11.3. The Morgan fingerprint density at radius 2 is 1.95 bits per heavy atom. The van der Waals surface area contributed by atoms with E-state index < -0.39 is 17.4 Å². The molecule has 0 bridgehead atoms. The lowest BCUT2D eigenvalue weighted by atomic mass is 9.82. The topological polar surface area (TPSA) is 63.6 Å². The van der Waals surface area contributed by atoms with Crippen LogP contribution in [0.3, 0.4) is 0 Å². The van der Waals surface area contributed by atoms with Crippen molar-refractivity contribution in [3.8, 4) is 0 Å². The van der Waals surface area contributed by atoms with Crippen LogP contribution in [0, 0.1) is 0 Å². The molecule has 0 fully saturated rings. The standard InChI is InChI=1S/C14H16BrClO4/c1-5-20-13(19)7-6-8(15)11(16)10(14(2,3)4)9(7)12(17)18/h6H,5H2,1-4H3,(H,17,18). The highest BCUT2D eigenvalue weighted by atomic mass is 79.9. The highest BCUT2D eigenvalue weighted by Crippen LogP contribution is 2.39. The second kappa shape index (κ2) is 6.14. The number of esters is 1. The van der Waals surface area contributed by atoms with Crippen LogP contribution in [0.1, 0.15) is 54.0 Å². The number of benzene rings is 1. The number of carbonyl (C=O) groups is 2. The van der Waals surface area contributed by atoms with Gasteiger partial charge in [0, 0.05) is 4.47 Å². The van der Waals surface area contributed by atoms with Crippen LogP contribution in [0.5, 0.6) is 0 Å². The summed E-state index contributed by atoms with van der Waals surface area (Å²) in [6.07, 6.45) is 0. The lowest BCUT2D eigenvalue weighted by Crippen LogP contribution is -2.22. The molecule has 0 saturated heterocycles. The average molecular weight is 364 g/mol. The molecule has 0 saturated carbocycles. The van der Waals surface area contributed by atoms with E-state index in [1.165, 1.54) is 6.07 Å². The van der Waals surface area contributed by atoms with E-state index in [1.54, 1.807) is 6.92 Å². The van der Waals surface area contributed by atoms with Gasteiger partial charge in [0.05, 0.1) is 22.8 Å². The maximum atomic E-state index is 12.0. The highest BCUT2D eigenvalue weighted by Gasteiger charge is 2.31. The summed E-state index contributed by atoms with van der Waals surface area (Å²) in [5, 5.41) is 9.75. The molecule has 6 heteroatoms. The van der Waals surface area contributed by atoms with E-state index in [9.17, 15) is 14.7 Å². The monoisotopic (exact) mass is 362 g/mol. The number of ether oxygens (including phenoxy) is 1. The second-order valence-electron chi connectivity index (χ2n) is 5.25. The molecule has 110 valence electrons. The van der Waals surface area contributed by atoms with Gasteiger partial charge in [0.15, 0.2) is 0 Å². The summed E-state index contributed by atoms with van der Waals surface area (Å²) in [5.41, 5.74) is -0.232. The molecular weight excluding hydrogens is 348 g/mol. The fraction of sp³-hybridized carbons (Fsp3) is 0.429. The molecule has 0 amide bonds. The van der Waals surface area contributed by atoms with Crippen molar-refractivity contribution in [1.29, 1.82) is 0 Å². The maximum Gasteiger partial charge on any atom is 0.339 e. The summed E-state index contributed by atoms with van der Waals surface area (Å²) in [6.45, 7) is 7.34. The third kappa shape index (κ3) is 3.33. The van der Waals surface area contributed by atoms with Gasteiger partial charge in [0.2, 0.25) is 0 Å². The van der Waals surface area contributed by atoms with Gasteiger partial charge in [0.25, 0.3) is 0 Å². The molecule has 0 aliphatic rings. The number of carboxylic acids is 1. The second-order valence-corrected chi connectivity index (χ2v) is 6.48. The minimum Gasteiger partial charge on any atom is -0.478 e. The Kier molecular flexibility index (Phi) is 5.21. The first-order valence-electron chi connectivity index (χ1n) is 6.04. The summed E-state index contributed by atoms with van der Waals surface area (Å²) >= 11 is 9.48. The summed E-state index contributed by atoms with van der Waals surface area (Å²) < 4.78 is 5.38. The Labute approximate surface area is 131 Å². The molecule has 1 aromatic carbocycles. The lowest BCUT2D eigenvalue weighted by Gasteiger charge is -2.25. The van der Waals surface area contributed by atoms with E-state index in [0.29, 0.717) is 15.1 Å². The zero-order valence-corrected chi connectivity index (χ0v) is 14.1. The molecule has 0 aromatic heterocycles. The van der Waals surface area contributed by atoms with Gasteiger partial charge in [-0.1, -0.05) is 32.4 Å². The fourth-order valence-corrected chi connectivity index (χ4v) is 2.78. The Morgan fingerprint density at radius 3 is 2.35 bits per heavy atom. The number of rotatable bonds is 3. The molecule has 0 radical (unpaired) electrons. The number of hydrogen-bond acceptors (Lipinski definition) is 3. The fourth-order valence-electron chi connectivity index (χ4n) is 1.92. The third-order valence-corrected chi connectivity index (χ3v) is 3.93. The van der Waals surface area contributed by atoms with Crippen LogP contribution in [-0.4, -0.2) is 23.7 Å². The Morgan fingerprint density at radius 1 is 1.40 bits per heavy atom. The molecule has 0 spiro atoms. The quantitative estimate of drug-likeness (QED) is 0.814. The van der Waals surface area contributed by atoms with Crippen molar-refractivity contribution in [2.24, 2.45) is 0 Å². The molecule has 0 heterocycles. The van der Waals surface area contributed by atoms with Gasteiger partial charge < -0.3 is 9.84 Å². The summed E-state index contributed by atoms with van der Waals surface area (Å²) in [7, 11) is 0. The van der Waals surface area contributed by atoms with Gasteiger partial charge in [-0.25, -0.2) is 9.59 Å². The zero-order valence-electron chi connectivity index (χ0n) is 11.7. The van der Waals surface area contributed by atoms with Crippen molar-refractivity contribution in [3.05, 3.63) is 32.3 Å². The summed E-state index contributed by atoms with van der Waals surface area (Å²) in [5.74, 6) is -1.87. The average Bonchev–Trinajstić information content (AvgIpc) is 2.30. The van der Waals surface area contributed by atoms with Crippen molar-refractivity contribution >= 4 is 39.5 Å². The molecule has 0 atom stereocenters. The predicted molar refractivity (Wildman–Crippen MR) is 80.8 cm³/mol. The maximum absolute atomic E-state index is 12.0. The summed E-state index contributed by atoms with van der Waals surface area (Å²) in [4.78, 5) is 23.5. The Balaban J connectivity index is 3.74. The molecule has 0 aliphatic carbocycles. The third-order valence-electron chi connectivity index (χ3n) is 2.68. The Bertz CT molecular complexity index is 561. The molecule has 1 aromatic rings. The van der Waals surface area contributed by atoms with Crippen LogP contribution in [0.25, 0.3) is 0 Å². The zero-order chi connectivity index (χ0) is 15.7. The number of hydrogen-bond donors (Lipinski definition) is 1. The number of carbonyl (C=O) groups excluding carboxylic acids is 1. The molecule has 0 aliphatic heterocycles. The molecule has 0 unspecified atom stereocenters. The van der Waals surface area contributed by atoms with Crippen LogP contribution in [0.4, 0.5) is 0 Å². The van der Waals surface area contributed by atoms with Crippen LogP contribution < -0.4 is 0 Å². The highest BCUT2D eigenvalue weighted by molar-refractivity contribution is 9.10. The summed E-state index contributed by atoms with van der Waals surface area (Å²) in [6, 6.07) is 1.39. The van der Waals surface area contributed by atoms with Crippen molar-refractivity contribution in [2.75, 3.05) is 6.61 Å². The van der Waals surface area contributed by atoms with E-state index in [4.69, 9.17) is 16.3 Å². The van der Waals surface area contributed by atoms with Crippen LogP contribution in [0.2, 0.25) is 5.02 Å². The lowest BCUT2D eigenvalue weighted by molar-refractivity contribution is 0.0514. The van der Waals surface area contributed by atoms with Crippen molar-refractivity contribution in [1.82, 2.24) is 0 Å². The molecular formula is C14H16BrClO4. The van der Waals surface area contributed by atoms with Gasteiger partial charge in [0.1, 0.15) is 0 Å². The van der Waals surface area contributed by atoms with Crippen LogP contribution in [0.15, 0.2) is 10.5 Å². The number of halogens is 2. The van der Waals surface area contributed by atoms with Gasteiger partial charge in [-0.2, -0.15) is 0 Å². The largest absolute Gasteiger partial charge is 0.478 e. The van der Waals surface area contributed by atoms with Crippen molar-refractivity contribution < 1.29 is 19.4 Å². The van der Waals surface area contributed by atoms with E-state index >= 15 is 0 Å². The molecule has 1 rings (SSSR count). The van der Waals surface area contributed by atoms with Gasteiger partial charge in [-0.15, -0.1) is 0 Å². The first-order chi connectivity index (χ1) is 9.11. The minimum atomic E-state index is -1.20. The minimum absolute atomic E-state index is 0.000509. The van der Waals surface area contributed by atoms with E-state index in [-0.39, 0.29) is 17.7 Å². The van der Waals surface area contributed by atoms with Crippen molar-refractivity contribution in [2.45, 2.75) is 33.1 Å². The van der Waals surface area contributed by atoms with E-state index in [1.807, 2.05) is 20.8 Å². The molecule has 4 nitrogen and oxygen atoms in total. The molecule has 1 N–H and O–H groups in total. The Hall–Kier alpha value is -1.07. The van der Waals surface area contributed by atoms with E-state index in [0.717, 1.165) is 0 Å². The van der Waals surface area contributed by atoms with Gasteiger partial charge in [-0.05, 0) is 39.9 Å². The van der Waals surface area contributed by atoms with Gasteiger partial charge in [-0.3, -0.25) is 0 Å². The number of aromatic carboxylic acids is 1. The van der Waals surface area contributed by atoms with Crippen LogP contribution >= 0.6 is 27.5 Å². The first kappa shape index (κ1) is 17.0. The molecule has 20 heavy (non-hydrogen) atoms.